The lowest BCUT2D eigenvalue weighted by molar-refractivity contribution is -0.384. The summed E-state index contributed by atoms with van der Waals surface area (Å²) >= 11 is 5.72. The average molecular weight is 281 g/mol. The number of carbonyl (C=O) groups is 1. The van der Waals surface area contributed by atoms with Gasteiger partial charge in [-0.2, -0.15) is 0 Å². The molecule has 1 aliphatic carbocycles. The van der Waals surface area contributed by atoms with E-state index in [0.717, 1.165) is 24.8 Å². The van der Waals surface area contributed by atoms with Gasteiger partial charge in [0.15, 0.2) is 5.78 Å². The van der Waals surface area contributed by atoms with Gasteiger partial charge in [-0.1, -0.05) is 11.6 Å². The number of nitro benzene ring substituents is 1. The molecule has 6 heteroatoms. The first-order valence-electron chi connectivity index (χ1n) is 6.00. The van der Waals surface area contributed by atoms with Crippen molar-refractivity contribution in [1.29, 1.82) is 0 Å². The number of allylic oxidation sites excluding steroid dienone is 1. The summed E-state index contributed by atoms with van der Waals surface area (Å²) in [6.45, 7) is 0. The van der Waals surface area contributed by atoms with E-state index in [1.54, 1.807) is 12.3 Å². The first kappa shape index (κ1) is 13.5. The van der Waals surface area contributed by atoms with E-state index in [0.29, 0.717) is 12.1 Å². The normalized spacial score (nSPS) is 17.5. The van der Waals surface area contributed by atoms with Crippen molar-refractivity contribution in [3.63, 3.8) is 0 Å². The van der Waals surface area contributed by atoms with Crippen LogP contribution in [0.25, 0.3) is 0 Å². The van der Waals surface area contributed by atoms with Crippen LogP contribution in [0.4, 0.5) is 11.4 Å². The van der Waals surface area contributed by atoms with E-state index >= 15 is 0 Å². The van der Waals surface area contributed by atoms with Crippen LogP contribution in [-0.4, -0.2) is 10.7 Å². The Morgan fingerprint density at radius 1 is 1.32 bits per heavy atom. The molecule has 0 radical (unpaired) electrons. The number of benzene rings is 1. The van der Waals surface area contributed by atoms with Crippen molar-refractivity contribution >= 4 is 28.8 Å². The van der Waals surface area contributed by atoms with E-state index in [-0.39, 0.29) is 16.5 Å². The number of hydrogen-bond donors (Lipinski definition) is 1. The molecule has 1 aromatic rings. The van der Waals surface area contributed by atoms with E-state index in [2.05, 4.69) is 5.32 Å². The number of nitro groups is 1. The molecule has 0 atom stereocenters. The van der Waals surface area contributed by atoms with Gasteiger partial charge in [-0.25, -0.2) is 0 Å². The molecule has 0 unspecified atom stereocenters. The highest BCUT2D eigenvalue weighted by molar-refractivity contribution is 6.32. The van der Waals surface area contributed by atoms with Crippen molar-refractivity contribution in [2.75, 3.05) is 5.32 Å². The Hall–Kier alpha value is -1.88. The molecule has 1 fully saturated rings. The van der Waals surface area contributed by atoms with E-state index in [1.165, 1.54) is 12.1 Å². The van der Waals surface area contributed by atoms with E-state index in [1.807, 2.05) is 0 Å². The number of nitrogens with zero attached hydrogens (tertiary/aromatic N) is 1. The van der Waals surface area contributed by atoms with Crippen molar-refractivity contribution in [3.05, 3.63) is 45.1 Å². The van der Waals surface area contributed by atoms with Crippen molar-refractivity contribution in [2.45, 2.75) is 25.7 Å². The quantitative estimate of drug-likeness (QED) is 0.521. The number of hydrogen-bond acceptors (Lipinski definition) is 4. The minimum absolute atomic E-state index is 0.0944. The summed E-state index contributed by atoms with van der Waals surface area (Å²) in [5.41, 5.74) is 1.13. The molecule has 100 valence electrons. The van der Waals surface area contributed by atoms with Crippen LogP contribution >= 0.6 is 11.6 Å². The minimum atomic E-state index is -0.535. The fourth-order valence-electron chi connectivity index (χ4n) is 1.97. The number of halogens is 1. The third kappa shape index (κ3) is 3.32. The zero-order chi connectivity index (χ0) is 13.8. The number of ketones is 1. The molecule has 1 aliphatic rings. The molecule has 19 heavy (non-hydrogen) atoms. The van der Waals surface area contributed by atoms with Gasteiger partial charge in [0.05, 0.1) is 4.92 Å². The van der Waals surface area contributed by atoms with Gasteiger partial charge in [-0.3, -0.25) is 14.9 Å². The number of Topliss-reactive ketones (excluding diaryl/α,β-unsaturated/α-hetero) is 1. The molecule has 0 spiro atoms. The lowest BCUT2D eigenvalue weighted by Crippen LogP contribution is -2.09. The topological polar surface area (TPSA) is 72.2 Å². The van der Waals surface area contributed by atoms with Crippen LogP contribution in [0.1, 0.15) is 25.7 Å². The molecule has 1 saturated carbocycles. The van der Waals surface area contributed by atoms with Gasteiger partial charge < -0.3 is 5.32 Å². The predicted molar refractivity (Wildman–Crippen MR) is 73.3 cm³/mol. The third-order valence-corrected chi connectivity index (χ3v) is 3.33. The monoisotopic (exact) mass is 280 g/mol. The third-order valence-electron chi connectivity index (χ3n) is 3.01. The molecule has 1 N–H and O–H groups in total. The van der Waals surface area contributed by atoms with Gasteiger partial charge in [-0.05, 0) is 31.4 Å². The molecule has 0 amide bonds. The average Bonchev–Trinajstić information content (AvgIpc) is 2.39. The summed E-state index contributed by atoms with van der Waals surface area (Å²) in [7, 11) is 0. The molecule has 0 aliphatic heterocycles. The van der Waals surface area contributed by atoms with Crippen LogP contribution in [0.2, 0.25) is 5.02 Å². The Bertz CT molecular complexity index is 555. The molecule has 0 aromatic heterocycles. The van der Waals surface area contributed by atoms with Crippen molar-refractivity contribution in [1.82, 2.24) is 0 Å². The maximum atomic E-state index is 11.6. The zero-order valence-corrected chi connectivity index (χ0v) is 10.9. The molecular weight excluding hydrogens is 268 g/mol. The Labute approximate surface area is 115 Å². The Morgan fingerprint density at radius 3 is 2.74 bits per heavy atom. The van der Waals surface area contributed by atoms with Crippen molar-refractivity contribution in [3.8, 4) is 0 Å². The summed E-state index contributed by atoms with van der Waals surface area (Å²) in [6, 6.07) is 4.45. The maximum absolute atomic E-state index is 11.6. The predicted octanol–water partition coefficient (Wildman–Crippen LogP) is 3.69. The van der Waals surface area contributed by atoms with Gasteiger partial charge in [-0.15, -0.1) is 0 Å². The van der Waals surface area contributed by atoms with Crippen LogP contribution in [0.15, 0.2) is 30.0 Å². The second kappa shape index (κ2) is 5.84. The molecule has 0 saturated heterocycles. The summed E-state index contributed by atoms with van der Waals surface area (Å²) in [6.07, 6.45) is 4.90. The van der Waals surface area contributed by atoms with Gasteiger partial charge in [0, 0.05) is 29.9 Å². The van der Waals surface area contributed by atoms with Crippen LogP contribution in [0.5, 0.6) is 0 Å². The number of nitrogens with one attached hydrogen (secondary N) is 1. The molecular formula is C13H13ClN2O3. The van der Waals surface area contributed by atoms with Crippen LogP contribution in [0.3, 0.4) is 0 Å². The summed E-state index contributed by atoms with van der Waals surface area (Å²) in [5, 5.41) is 13.8. The SMILES string of the molecule is O=C1CCCC/C1=C/Nc1ccc(Cl)c([N+](=O)[O-])c1. The highest BCUT2D eigenvalue weighted by Crippen LogP contribution is 2.28. The van der Waals surface area contributed by atoms with Crippen LogP contribution < -0.4 is 5.32 Å². The van der Waals surface area contributed by atoms with Crippen LogP contribution in [0, 0.1) is 10.1 Å². The number of carbonyl (C=O) groups excluding carboxylic acids is 1. The number of anilines is 1. The Kier molecular flexibility index (Phi) is 4.16. The maximum Gasteiger partial charge on any atom is 0.289 e. The first-order chi connectivity index (χ1) is 9.08. The summed E-state index contributed by atoms with van der Waals surface area (Å²) < 4.78 is 0. The highest BCUT2D eigenvalue weighted by Gasteiger charge is 2.15. The van der Waals surface area contributed by atoms with E-state index < -0.39 is 4.92 Å². The Balaban J connectivity index is 2.15. The van der Waals surface area contributed by atoms with Gasteiger partial charge >= 0.3 is 0 Å². The second-order valence-corrected chi connectivity index (χ2v) is 4.77. The summed E-state index contributed by atoms with van der Waals surface area (Å²) in [4.78, 5) is 21.8. The summed E-state index contributed by atoms with van der Waals surface area (Å²) in [5.74, 6) is 0.141. The smallest absolute Gasteiger partial charge is 0.289 e. The fourth-order valence-corrected chi connectivity index (χ4v) is 2.15. The van der Waals surface area contributed by atoms with Crippen molar-refractivity contribution < 1.29 is 9.72 Å². The zero-order valence-electron chi connectivity index (χ0n) is 10.2. The molecule has 0 bridgehead atoms. The minimum Gasteiger partial charge on any atom is -0.361 e. The molecule has 1 aromatic carbocycles. The number of rotatable bonds is 3. The first-order valence-corrected chi connectivity index (χ1v) is 6.38. The van der Waals surface area contributed by atoms with Gasteiger partial charge in [0.2, 0.25) is 0 Å². The Morgan fingerprint density at radius 2 is 2.05 bits per heavy atom. The standard InChI is InChI=1S/C13H13ClN2O3/c14-11-6-5-10(7-12(11)16(18)19)15-8-9-3-1-2-4-13(9)17/h5-8,15H,1-4H2/b9-8-. The van der Waals surface area contributed by atoms with Gasteiger partial charge in [0.1, 0.15) is 5.02 Å². The fraction of sp³-hybridized carbons (Fsp3) is 0.308. The lowest BCUT2D eigenvalue weighted by atomic mass is 9.94. The largest absolute Gasteiger partial charge is 0.361 e. The van der Waals surface area contributed by atoms with Crippen molar-refractivity contribution in [2.24, 2.45) is 0 Å². The second-order valence-electron chi connectivity index (χ2n) is 4.37. The van der Waals surface area contributed by atoms with E-state index in [9.17, 15) is 14.9 Å². The van der Waals surface area contributed by atoms with Crippen LogP contribution in [-0.2, 0) is 4.79 Å². The highest BCUT2D eigenvalue weighted by atomic mass is 35.5. The molecule has 0 heterocycles. The van der Waals surface area contributed by atoms with Gasteiger partial charge in [0.25, 0.3) is 5.69 Å². The lowest BCUT2D eigenvalue weighted by Gasteiger charge is -2.12. The molecule has 5 nitrogen and oxygen atoms in total. The van der Waals surface area contributed by atoms with E-state index in [4.69, 9.17) is 11.6 Å². The molecule has 2 rings (SSSR count).